The minimum absolute atomic E-state index is 0.643. The summed E-state index contributed by atoms with van der Waals surface area (Å²) in [6, 6.07) is 77.3. The second-order valence-electron chi connectivity index (χ2n) is 18.0. The first-order valence-corrected chi connectivity index (χ1v) is 23.6. The lowest BCUT2D eigenvalue weighted by atomic mass is 9.49. The molecule has 7 aromatic carbocycles. The summed E-state index contributed by atoms with van der Waals surface area (Å²) in [5.41, 5.74) is 19.7. The highest BCUT2D eigenvalue weighted by atomic mass is 15.2. The minimum atomic E-state index is -0.683. The van der Waals surface area contributed by atoms with Crippen LogP contribution < -0.4 is 9.80 Å². The molecule has 0 saturated carbocycles. The summed E-state index contributed by atoms with van der Waals surface area (Å²) in [6.45, 7) is 0. The molecule has 0 atom stereocenters. The predicted molar refractivity (Wildman–Crippen MR) is 278 cm³/mol. The van der Waals surface area contributed by atoms with E-state index in [-0.39, 0.29) is 0 Å². The summed E-state index contributed by atoms with van der Waals surface area (Å²) in [4.78, 5) is 28.2. The van der Waals surface area contributed by atoms with E-state index in [1.54, 1.807) is 24.8 Å². The molecule has 0 saturated heterocycles. The van der Waals surface area contributed by atoms with Gasteiger partial charge in [-0.3, -0.25) is 15.0 Å². The molecule has 4 aromatic heterocycles. The SMILES string of the molecule is c1cncc(N2c3ccccc3C3(c4ccccc42)c2ccccc2C2(c4ccccc4N(c4ccc(-c5nc(-c6ccncc6)cc(-c6ccncc6)n5)cc4)c4ccccc42)c2ccccc23)c1. The quantitative estimate of drug-likeness (QED) is 0.170. The Morgan fingerprint density at radius 2 is 0.657 bits per heavy atom. The van der Waals surface area contributed by atoms with Crippen molar-refractivity contribution in [3.63, 3.8) is 0 Å². The maximum atomic E-state index is 5.12. The Morgan fingerprint density at radius 1 is 0.286 bits per heavy atom. The molecule has 0 radical (unpaired) electrons. The lowest BCUT2D eigenvalue weighted by molar-refractivity contribution is 0.607. The van der Waals surface area contributed by atoms with E-state index in [1.807, 2.05) is 48.8 Å². The monoisotopic (exact) mass is 895 g/mol. The topological polar surface area (TPSA) is 70.9 Å². The largest absolute Gasteiger partial charge is 0.310 e. The zero-order valence-electron chi connectivity index (χ0n) is 37.8. The number of anilines is 6. The number of para-hydroxylation sites is 4. The first-order valence-electron chi connectivity index (χ1n) is 23.6. The van der Waals surface area contributed by atoms with E-state index in [0.29, 0.717) is 5.82 Å². The molecule has 7 heteroatoms. The molecule has 2 spiro atoms. The van der Waals surface area contributed by atoms with Crippen molar-refractivity contribution in [1.29, 1.82) is 0 Å². The van der Waals surface area contributed by atoms with Gasteiger partial charge in [-0.1, -0.05) is 121 Å². The molecule has 0 fully saturated rings. The van der Waals surface area contributed by atoms with Crippen molar-refractivity contribution in [3.8, 4) is 33.9 Å². The van der Waals surface area contributed by atoms with E-state index in [4.69, 9.17) is 9.97 Å². The Labute approximate surface area is 405 Å². The van der Waals surface area contributed by atoms with Crippen LogP contribution in [0.3, 0.4) is 0 Å². The Hall–Kier alpha value is -9.33. The molecule has 14 rings (SSSR count). The first kappa shape index (κ1) is 39.8. The maximum Gasteiger partial charge on any atom is 0.160 e. The second-order valence-corrected chi connectivity index (χ2v) is 18.0. The molecule has 7 nitrogen and oxygen atoms in total. The number of nitrogens with zero attached hydrogens (tertiary/aromatic N) is 7. The fraction of sp³-hybridized carbons (Fsp3) is 0.0317. The van der Waals surface area contributed by atoms with Gasteiger partial charge in [-0.15, -0.1) is 0 Å². The van der Waals surface area contributed by atoms with Crippen LogP contribution in [0.15, 0.2) is 250 Å². The zero-order chi connectivity index (χ0) is 46.2. The molecule has 3 aliphatic rings. The van der Waals surface area contributed by atoms with Crippen LogP contribution in [-0.4, -0.2) is 24.9 Å². The summed E-state index contributed by atoms with van der Waals surface area (Å²) in [7, 11) is 0. The molecule has 11 aromatic rings. The van der Waals surface area contributed by atoms with Crippen LogP contribution >= 0.6 is 0 Å². The third-order valence-electron chi connectivity index (χ3n) is 14.6. The summed E-state index contributed by atoms with van der Waals surface area (Å²) in [6.07, 6.45) is 11.0. The summed E-state index contributed by atoms with van der Waals surface area (Å²) in [5, 5.41) is 0. The van der Waals surface area contributed by atoms with E-state index in [2.05, 4.69) is 201 Å². The molecule has 0 unspecified atom stereocenters. The van der Waals surface area contributed by atoms with E-state index in [1.165, 1.54) is 44.5 Å². The van der Waals surface area contributed by atoms with Crippen LogP contribution in [0.4, 0.5) is 34.1 Å². The highest BCUT2D eigenvalue weighted by molar-refractivity contribution is 5.95. The molecule has 2 aliphatic heterocycles. The van der Waals surface area contributed by atoms with Crippen LogP contribution in [0, 0.1) is 0 Å². The van der Waals surface area contributed by atoms with Gasteiger partial charge in [0.2, 0.25) is 0 Å². The third kappa shape index (κ3) is 5.60. The van der Waals surface area contributed by atoms with Gasteiger partial charge in [0, 0.05) is 53.4 Å². The normalized spacial score (nSPS) is 14.2. The van der Waals surface area contributed by atoms with Gasteiger partial charge in [0.1, 0.15) is 0 Å². The number of hydrogen-bond donors (Lipinski definition) is 0. The lowest BCUT2D eigenvalue weighted by Gasteiger charge is -2.56. The van der Waals surface area contributed by atoms with E-state index in [0.717, 1.165) is 62.2 Å². The predicted octanol–water partition coefficient (Wildman–Crippen LogP) is 14.3. The molecule has 1 aliphatic carbocycles. The van der Waals surface area contributed by atoms with Crippen molar-refractivity contribution in [3.05, 3.63) is 294 Å². The Balaban J connectivity index is 0.973. The number of hydrogen-bond acceptors (Lipinski definition) is 7. The fourth-order valence-corrected chi connectivity index (χ4v) is 11.9. The van der Waals surface area contributed by atoms with Gasteiger partial charge in [-0.25, -0.2) is 9.97 Å². The van der Waals surface area contributed by atoms with Crippen LogP contribution in [-0.2, 0) is 10.8 Å². The molecule has 6 heterocycles. The molecule has 0 amide bonds. The Morgan fingerprint density at radius 3 is 1.04 bits per heavy atom. The van der Waals surface area contributed by atoms with E-state index in [9.17, 15) is 0 Å². The van der Waals surface area contributed by atoms with Crippen LogP contribution in [0.2, 0.25) is 0 Å². The van der Waals surface area contributed by atoms with Gasteiger partial charge < -0.3 is 9.80 Å². The average molecular weight is 896 g/mol. The van der Waals surface area contributed by atoms with Crippen molar-refractivity contribution < 1.29 is 0 Å². The standard InChI is InChI=1S/C63H41N7/c1-3-17-49-47(15-1)62(48-16-2-4-18-50(48)63(49)53-21-7-11-25-59(53)70(46-14-13-35-66-41-46)60-26-12-8-22-54(60)63)51-19-5-9-23-57(51)69(58-24-10-6-20-52(58)62)45-29-27-44(28-30-45)61-67-55(42-31-36-64-37-32-42)40-56(68-61)43-33-38-65-39-34-43/h1-41H. The molecular weight excluding hydrogens is 855 g/mol. The number of fused-ring (bicyclic) bond motifs is 14. The van der Waals surface area contributed by atoms with Gasteiger partial charge in [0.05, 0.1) is 56.9 Å². The fourth-order valence-electron chi connectivity index (χ4n) is 11.9. The molecule has 328 valence electrons. The van der Waals surface area contributed by atoms with Gasteiger partial charge in [-0.2, -0.15) is 0 Å². The summed E-state index contributed by atoms with van der Waals surface area (Å²) in [5.74, 6) is 0.643. The second kappa shape index (κ2) is 15.6. The van der Waals surface area contributed by atoms with E-state index < -0.39 is 10.8 Å². The zero-order valence-corrected chi connectivity index (χ0v) is 37.8. The van der Waals surface area contributed by atoms with Crippen LogP contribution in [0.25, 0.3) is 33.9 Å². The number of rotatable bonds is 5. The summed E-state index contributed by atoms with van der Waals surface area (Å²) >= 11 is 0. The van der Waals surface area contributed by atoms with Crippen LogP contribution in [0.1, 0.15) is 44.5 Å². The average Bonchev–Trinajstić information content (AvgIpc) is 3.45. The van der Waals surface area contributed by atoms with Gasteiger partial charge in [0.25, 0.3) is 0 Å². The van der Waals surface area contributed by atoms with Gasteiger partial charge in [0.15, 0.2) is 5.82 Å². The van der Waals surface area contributed by atoms with Crippen LogP contribution in [0.5, 0.6) is 0 Å². The summed E-state index contributed by atoms with van der Waals surface area (Å²) < 4.78 is 0. The Bertz CT molecular complexity index is 3600. The maximum absolute atomic E-state index is 5.12. The van der Waals surface area contributed by atoms with Crippen molar-refractivity contribution in [2.75, 3.05) is 9.80 Å². The number of pyridine rings is 3. The number of aromatic nitrogens is 5. The lowest BCUT2D eigenvalue weighted by Crippen LogP contribution is -2.49. The van der Waals surface area contributed by atoms with E-state index >= 15 is 0 Å². The van der Waals surface area contributed by atoms with Crippen molar-refractivity contribution >= 4 is 34.1 Å². The Kier molecular flexibility index (Phi) is 8.88. The number of benzene rings is 7. The first-order chi connectivity index (χ1) is 34.7. The smallest absolute Gasteiger partial charge is 0.160 e. The third-order valence-corrected chi connectivity index (χ3v) is 14.6. The highest BCUT2D eigenvalue weighted by Gasteiger charge is 2.58. The molecule has 70 heavy (non-hydrogen) atoms. The van der Waals surface area contributed by atoms with Crippen molar-refractivity contribution in [2.45, 2.75) is 10.8 Å². The molecular formula is C63H41N7. The van der Waals surface area contributed by atoms with Crippen molar-refractivity contribution in [1.82, 2.24) is 24.9 Å². The molecule has 0 bridgehead atoms. The van der Waals surface area contributed by atoms with Crippen molar-refractivity contribution in [2.24, 2.45) is 0 Å². The minimum Gasteiger partial charge on any atom is -0.310 e. The highest BCUT2D eigenvalue weighted by Crippen LogP contribution is 2.67. The molecule has 0 N–H and O–H groups in total. The van der Waals surface area contributed by atoms with Gasteiger partial charge in [-0.05, 0) is 136 Å². The van der Waals surface area contributed by atoms with Gasteiger partial charge >= 0.3 is 0 Å².